The van der Waals surface area contributed by atoms with Crippen molar-refractivity contribution in [3.63, 3.8) is 0 Å². The molecule has 0 bridgehead atoms. The third-order valence-corrected chi connectivity index (χ3v) is 21.4. The van der Waals surface area contributed by atoms with E-state index in [1.807, 2.05) is 23.2 Å². The third-order valence-electron chi connectivity index (χ3n) is 20.6. The zero-order valence-corrected chi connectivity index (χ0v) is 70.4. The maximum atomic E-state index is 14.5. The molecular weight excluding hydrogens is 1670 g/mol. The molecule has 0 radical (unpaired) electrons. The lowest BCUT2D eigenvalue weighted by Gasteiger charge is -2.39. The number of esters is 1. The molecule has 126 heavy (non-hydrogen) atoms. The van der Waals surface area contributed by atoms with Crippen LogP contribution in [0.5, 0.6) is 40.2 Å². The van der Waals surface area contributed by atoms with E-state index in [9.17, 15) is 62.4 Å². The Morgan fingerprint density at radius 2 is 1.10 bits per heavy atom. The quantitative estimate of drug-likeness (QED) is 0.0138. The fraction of sp³-hybridized carbons (Fsp3) is 0.417. The Hall–Kier alpha value is -12.5. The predicted molar refractivity (Wildman–Crippen MR) is 440 cm³/mol. The summed E-state index contributed by atoms with van der Waals surface area (Å²) in [7, 11) is 2.42. The smallest absolute Gasteiger partial charge is 0.493 e. The standard InChI is InChI=1S/C84H95N13O28S/c1-49(99)7-9-68(100)53-28-54(30-55(29-53)83(108)113-6)80(105)86-12-15-115-18-20-117-21-22-118-23-24-119-46-56-40-95(92-91-56)13-16-116-19-17-114-14-11-85-79(104)52-8-10-69(122-84-78(103)77(102)76(101)75(43-98)123-84)74(31-52)125-126(109,110)124-59-26-50(44-120-72-36-62-60(34-70(72)111-4)81(106)96-41-64-66(93(2)47-89-64)32-57(96)38-87-62)25-51(27-59)45-121-73-37-63-61(35-71(73)112-5)82(107)97-42-65-67(94(3)48-90-65)33-58(97)39-88-63/h7-10,25-31,34-40,47-48,57-58,75-78,84,98,101-103H,11-24,32-33,41-46H2,1-6H3,(H,85,104)(H,86,105)/b9-7+/t57-,58-,75+,76-,77-,78+,84?/m0/s1. The second-order valence-corrected chi connectivity index (χ2v) is 30.5. The highest BCUT2D eigenvalue weighted by atomic mass is 32.3. The number of ketones is 2. The van der Waals surface area contributed by atoms with Gasteiger partial charge in [-0.1, -0.05) is 5.21 Å². The van der Waals surface area contributed by atoms with E-state index in [1.165, 1.54) is 76.8 Å². The largest absolute Gasteiger partial charge is 0.501 e. The van der Waals surface area contributed by atoms with Crippen LogP contribution in [-0.2, 0) is 119 Å². The molecule has 41 nitrogen and oxygen atoms in total. The lowest BCUT2D eigenvalue weighted by molar-refractivity contribution is -0.277. The Kier molecular flexibility index (Phi) is 30.8. The maximum absolute atomic E-state index is 14.5. The van der Waals surface area contributed by atoms with Crippen LogP contribution in [0.1, 0.15) is 109 Å². The zero-order chi connectivity index (χ0) is 89.1. The number of imidazole rings is 2. The molecule has 1 unspecified atom stereocenters. The summed E-state index contributed by atoms with van der Waals surface area (Å²) in [6.07, 6.45) is 2.69. The Morgan fingerprint density at radius 1 is 0.563 bits per heavy atom. The number of aryl methyl sites for hydroxylation is 2. The van der Waals surface area contributed by atoms with Crippen molar-refractivity contribution in [1.82, 2.24) is 54.5 Å². The van der Waals surface area contributed by atoms with Gasteiger partial charge in [0.1, 0.15) is 49.1 Å². The monoisotopic (exact) mass is 1770 g/mol. The summed E-state index contributed by atoms with van der Waals surface area (Å²) in [6.45, 7) is 3.38. The Bertz CT molecular complexity index is 5330. The first-order chi connectivity index (χ1) is 60.8. The molecule has 0 spiro atoms. The van der Waals surface area contributed by atoms with Crippen LogP contribution >= 0.6 is 0 Å². The summed E-state index contributed by atoms with van der Waals surface area (Å²) in [5.41, 5.74) is 5.66. The van der Waals surface area contributed by atoms with Gasteiger partial charge in [0.15, 0.2) is 46.1 Å². The predicted octanol–water partition coefficient (Wildman–Crippen LogP) is 2.94. The fourth-order valence-electron chi connectivity index (χ4n) is 14.1. The van der Waals surface area contributed by atoms with Gasteiger partial charge in [-0.05, 0) is 96.9 Å². The number of allylic oxidation sites excluding steroid dienone is 2. The number of aliphatic hydroxyl groups is 4. The fourth-order valence-corrected chi connectivity index (χ4v) is 14.8. The zero-order valence-electron chi connectivity index (χ0n) is 69.6. The van der Waals surface area contributed by atoms with Crippen LogP contribution in [0.3, 0.4) is 0 Å². The first kappa shape index (κ1) is 91.2. The van der Waals surface area contributed by atoms with Crippen molar-refractivity contribution in [3.8, 4) is 40.2 Å². The summed E-state index contributed by atoms with van der Waals surface area (Å²) < 4.78 is 120. The number of rotatable bonds is 44. The van der Waals surface area contributed by atoms with Gasteiger partial charge in [-0.2, -0.15) is 0 Å². The first-order valence-electron chi connectivity index (χ1n) is 40.0. The van der Waals surface area contributed by atoms with Crippen LogP contribution in [0, 0.1) is 0 Å². The van der Waals surface area contributed by atoms with Gasteiger partial charge in [0.05, 0.1) is 197 Å². The highest BCUT2D eigenvalue weighted by molar-refractivity contribution is 7.82. The molecule has 1 fully saturated rings. The van der Waals surface area contributed by atoms with Gasteiger partial charge >= 0.3 is 16.4 Å². The van der Waals surface area contributed by atoms with Gasteiger partial charge in [-0.25, -0.2) is 19.4 Å². The van der Waals surface area contributed by atoms with Crippen LogP contribution in [0.25, 0.3) is 0 Å². The van der Waals surface area contributed by atoms with Crippen molar-refractivity contribution >= 4 is 75.4 Å². The third kappa shape index (κ3) is 23.0. The number of amides is 4. The van der Waals surface area contributed by atoms with Crippen LogP contribution in [0.2, 0.25) is 0 Å². The van der Waals surface area contributed by atoms with E-state index in [2.05, 4.69) is 30.9 Å². The minimum atomic E-state index is -5.34. The van der Waals surface area contributed by atoms with Crippen molar-refractivity contribution in [3.05, 3.63) is 183 Å². The molecular formula is C84H95N13O28S. The normalized spacial score (nSPS) is 18.1. The van der Waals surface area contributed by atoms with E-state index in [1.54, 1.807) is 64.0 Å². The number of nitrogens with one attached hydrogen (secondary N) is 2. The number of aliphatic imine (C=N–C) groups is 2. The molecule has 5 aromatic carbocycles. The van der Waals surface area contributed by atoms with Crippen molar-refractivity contribution in [2.45, 2.75) is 102 Å². The minimum Gasteiger partial charge on any atom is -0.493 e. The minimum absolute atomic E-state index is 0.00711. The van der Waals surface area contributed by atoms with Gasteiger partial charge < -0.3 is 120 Å². The molecule has 5 aliphatic heterocycles. The highest BCUT2D eigenvalue weighted by Gasteiger charge is 2.46. The van der Waals surface area contributed by atoms with Crippen LogP contribution in [0.15, 0.2) is 120 Å². The van der Waals surface area contributed by atoms with Gasteiger partial charge in [0, 0.05) is 92.7 Å². The molecule has 1 saturated heterocycles. The molecule has 8 aromatic rings. The lowest BCUT2D eigenvalue weighted by Crippen LogP contribution is -2.60. The second kappa shape index (κ2) is 42.5. The summed E-state index contributed by atoms with van der Waals surface area (Å²) >= 11 is 0. The van der Waals surface area contributed by atoms with Gasteiger partial charge in [-0.15, -0.1) is 13.5 Å². The molecule has 0 aliphatic carbocycles. The van der Waals surface area contributed by atoms with E-state index in [4.69, 9.17) is 79.9 Å². The summed E-state index contributed by atoms with van der Waals surface area (Å²) in [4.78, 5) is 113. The first-order valence-corrected chi connectivity index (χ1v) is 41.3. The summed E-state index contributed by atoms with van der Waals surface area (Å²) in [5, 5.41) is 55.9. The maximum Gasteiger partial charge on any atom is 0.501 e. The van der Waals surface area contributed by atoms with Crippen LogP contribution in [-0.4, -0.2) is 283 Å². The number of aliphatic hydroxyl groups excluding tert-OH is 4. The average molecular weight is 1770 g/mol. The average Bonchev–Trinajstić information content (AvgIpc) is 1.61. The number of hydrogen-bond donors (Lipinski definition) is 6. The highest BCUT2D eigenvalue weighted by Crippen LogP contribution is 2.42. The number of benzene rings is 5. The molecule has 3 aromatic heterocycles. The molecule has 8 heterocycles. The molecule has 0 saturated carbocycles. The number of carbonyl (C=O) groups excluding carboxylic acids is 7. The number of fused-ring (bicyclic) bond motifs is 6. The number of aromatic nitrogens is 7. The topological polar surface area (TPSA) is 495 Å². The SMILES string of the molecule is COC(=O)c1cc(C(=O)/C=C/C(C)=O)cc(C(=O)NCCOCCOCCOCCOCc2cn(CCOCCOCCNC(=O)c3ccc(OC4O[C@H](CO)[C@H](O)[C@H](O)[C@H]4O)c(OS(=O)(=O)Oc4cc(COc5cc6c(cc5OC)C(=O)N5Cc7ncn(C)c7C[C@H]5C=N6)cc(COc5cc6c(cc5OC)C(=O)N5Cc7ncn(C)c7C[C@H]5C=N6)c4)c3)nn2)c1. The molecule has 13 rings (SSSR count). The Balaban J connectivity index is 0.587. The molecule has 6 N–H and O–H groups in total. The van der Waals surface area contributed by atoms with Crippen molar-refractivity contribution in [2.24, 2.45) is 24.1 Å². The van der Waals surface area contributed by atoms with E-state index < -0.39 is 82.8 Å². The van der Waals surface area contributed by atoms with Gasteiger partial charge in [0.25, 0.3) is 23.6 Å². The van der Waals surface area contributed by atoms with E-state index in [-0.39, 0.29) is 202 Å². The Morgan fingerprint density at radius 3 is 1.64 bits per heavy atom. The molecule has 7 atom stereocenters. The van der Waals surface area contributed by atoms with E-state index in [0.717, 1.165) is 47.1 Å². The molecule has 5 aliphatic rings. The summed E-state index contributed by atoms with van der Waals surface area (Å²) in [6, 6.07) is 17.0. The van der Waals surface area contributed by atoms with Crippen LogP contribution < -0.4 is 42.7 Å². The number of carbonyl (C=O) groups is 7. The number of methoxy groups -OCH3 is 3. The summed E-state index contributed by atoms with van der Waals surface area (Å²) in [5.74, 6) is -4.42. The molecule has 42 heteroatoms. The molecule has 670 valence electrons. The Labute approximate surface area is 721 Å². The number of ether oxygens (including phenoxy) is 13. The van der Waals surface area contributed by atoms with E-state index >= 15 is 0 Å². The lowest BCUT2D eigenvalue weighted by atomic mass is 9.99. The number of hydrogen-bond acceptors (Lipinski definition) is 34. The van der Waals surface area contributed by atoms with Crippen molar-refractivity contribution in [1.29, 1.82) is 0 Å². The van der Waals surface area contributed by atoms with Crippen LogP contribution in [0.4, 0.5) is 11.4 Å². The van der Waals surface area contributed by atoms with Gasteiger partial charge in [-0.3, -0.25) is 38.8 Å². The van der Waals surface area contributed by atoms with E-state index in [0.29, 0.717) is 56.3 Å². The molecule has 4 amide bonds. The van der Waals surface area contributed by atoms with Crippen molar-refractivity contribution in [2.75, 3.05) is 114 Å². The second-order valence-electron chi connectivity index (χ2n) is 29.3. The number of nitrogens with zero attached hydrogens (tertiary/aromatic N) is 11. The van der Waals surface area contributed by atoms with Crippen molar-refractivity contribution < 1.29 is 132 Å². The van der Waals surface area contributed by atoms with Gasteiger partial charge in [0.2, 0.25) is 6.29 Å².